The second-order valence-electron chi connectivity index (χ2n) is 6.92. The van der Waals surface area contributed by atoms with Crippen molar-refractivity contribution in [1.29, 1.82) is 5.26 Å². The van der Waals surface area contributed by atoms with Crippen LogP contribution >= 0.6 is 11.8 Å². The number of fused-ring (bicyclic) bond motifs is 2. The average molecular weight is 406 g/mol. The van der Waals surface area contributed by atoms with E-state index in [9.17, 15) is 19.6 Å². The highest BCUT2D eigenvalue weighted by atomic mass is 32.2. The number of thioether (sulfide) groups is 1. The number of aromatic nitrogens is 3. The Kier molecular flexibility index (Phi) is 4.47. The smallest absolute Gasteiger partial charge is 0.319 e. The van der Waals surface area contributed by atoms with Gasteiger partial charge in [0.2, 0.25) is 0 Å². The third-order valence-corrected chi connectivity index (χ3v) is 5.76. The number of hydrogen-bond donors (Lipinski definition) is 1. The Labute approximate surface area is 169 Å². The lowest BCUT2D eigenvalue weighted by molar-refractivity contribution is -0.138. The summed E-state index contributed by atoms with van der Waals surface area (Å²) in [6.45, 7) is 3.19. The summed E-state index contributed by atoms with van der Waals surface area (Å²) in [5.74, 6) is -1.47. The van der Waals surface area contributed by atoms with Crippen LogP contribution in [0.1, 0.15) is 19.4 Å². The molecule has 0 amide bonds. The maximum absolute atomic E-state index is 14.6. The van der Waals surface area contributed by atoms with E-state index in [2.05, 4.69) is 9.97 Å². The first-order valence-corrected chi connectivity index (χ1v) is 9.51. The Morgan fingerprint density at radius 3 is 2.79 bits per heavy atom. The Morgan fingerprint density at radius 1 is 1.28 bits per heavy atom. The maximum atomic E-state index is 14.6. The molecule has 2 aromatic heterocycles. The summed E-state index contributed by atoms with van der Waals surface area (Å²) < 4.78 is 15.2. The van der Waals surface area contributed by atoms with Crippen molar-refractivity contribution in [2.45, 2.75) is 23.8 Å². The molecule has 0 aliphatic heterocycles. The van der Waals surface area contributed by atoms with Gasteiger partial charge >= 0.3 is 5.97 Å². The number of nitrogens with zero attached hydrogens (tertiary/aromatic N) is 4. The van der Waals surface area contributed by atoms with Gasteiger partial charge in [0.15, 0.2) is 5.16 Å². The molecule has 0 saturated carbocycles. The van der Waals surface area contributed by atoms with Crippen LogP contribution in [0, 0.1) is 17.1 Å². The fourth-order valence-electron chi connectivity index (χ4n) is 3.12. The number of imidazole rings is 1. The quantitative estimate of drug-likeness (QED) is 0.500. The van der Waals surface area contributed by atoms with Crippen LogP contribution in [0.15, 0.2) is 53.9 Å². The van der Waals surface area contributed by atoms with E-state index in [0.717, 1.165) is 11.8 Å². The molecule has 2 heterocycles. The van der Waals surface area contributed by atoms with Crippen LogP contribution in [0.5, 0.6) is 0 Å². The molecule has 6 nitrogen and oxygen atoms in total. The Balaban J connectivity index is 2.07. The molecule has 0 radical (unpaired) electrons. The lowest BCUT2D eigenvalue weighted by Crippen LogP contribution is -2.27. The van der Waals surface area contributed by atoms with Gasteiger partial charge in [0, 0.05) is 17.0 Å². The molecule has 4 rings (SSSR count). The molecule has 0 unspecified atom stereocenters. The highest BCUT2D eigenvalue weighted by Gasteiger charge is 2.32. The first-order chi connectivity index (χ1) is 13.8. The minimum absolute atomic E-state index is 0.219. The number of benzene rings is 2. The molecular weight excluding hydrogens is 391 g/mol. The van der Waals surface area contributed by atoms with Crippen molar-refractivity contribution in [1.82, 2.24) is 14.5 Å². The first-order valence-electron chi connectivity index (χ1n) is 8.70. The van der Waals surface area contributed by atoms with Gasteiger partial charge in [-0.2, -0.15) is 5.26 Å². The SMILES string of the molecule is CC(C)(Sc1nc2cnccc2n1-c1ccc(C#N)c2c(F)cccc12)C(=O)O. The number of carboxylic acids is 1. The topological polar surface area (TPSA) is 91.8 Å². The van der Waals surface area contributed by atoms with Gasteiger partial charge in [0.05, 0.1) is 29.0 Å². The normalized spacial score (nSPS) is 11.7. The summed E-state index contributed by atoms with van der Waals surface area (Å²) in [6, 6.07) is 11.7. The second-order valence-corrected chi connectivity index (χ2v) is 8.51. The largest absolute Gasteiger partial charge is 0.480 e. The maximum Gasteiger partial charge on any atom is 0.319 e. The Bertz CT molecular complexity index is 1320. The van der Waals surface area contributed by atoms with Gasteiger partial charge in [0.1, 0.15) is 16.1 Å². The average Bonchev–Trinajstić information content (AvgIpc) is 3.04. The molecule has 2 aromatic carbocycles. The molecule has 0 spiro atoms. The zero-order valence-electron chi connectivity index (χ0n) is 15.5. The van der Waals surface area contributed by atoms with Crippen molar-refractivity contribution in [2.24, 2.45) is 0 Å². The van der Waals surface area contributed by atoms with Gasteiger partial charge in [-0.15, -0.1) is 0 Å². The van der Waals surface area contributed by atoms with Crippen LogP contribution in [0.25, 0.3) is 27.5 Å². The molecule has 144 valence electrons. The summed E-state index contributed by atoms with van der Waals surface area (Å²) in [5.41, 5.74) is 2.13. The van der Waals surface area contributed by atoms with Crippen LogP contribution in [-0.2, 0) is 4.79 Å². The zero-order chi connectivity index (χ0) is 20.8. The van der Waals surface area contributed by atoms with Crippen molar-refractivity contribution in [2.75, 3.05) is 0 Å². The van der Waals surface area contributed by atoms with E-state index in [-0.39, 0.29) is 10.9 Å². The lowest BCUT2D eigenvalue weighted by atomic mass is 10.0. The van der Waals surface area contributed by atoms with Gasteiger partial charge in [-0.3, -0.25) is 14.3 Å². The molecule has 0 fully saturated rings. The van der Waals surface area contributed by atoms with E-state index < -0.39 is 16.5 Å². The van der Waals surface area contributed by atoms with Crippen molar-refractivity contribution in [3.05, 3.63) is 60.2 Å². The van der Waals surface area contributed by atoms with Gasteiger partial charge in [-0.05, 0) is 38.1 Å². The minimum Gasteiger partial charge on any atom is -0.480 e. The number of hydrogen-bond acceptors (Lipinski definition) is 5. The van der Waals surface area contributed by atoms with Crippen molar-refractivity contribution < 1.29 is 14.3 Å². The summed E-state index contributed by atoms with van der Waals surface area (Å²) in [6.07, 6.45) is 3.21. The molecular formula is C21H15FN4O2S. The van der Waals surface area contributed by atoms with E-state index >= 15 is 0 Å². The summed E-state index contributed by atoms with van der Waals surface area (Å²) in [5, 5.41) is 20.2. The van der Waals surface area contributed by atoms with E-state index in [1.165, 1.54) is 6.07 Å². The van der Waals surface area contributed by atoms with Gasteiger partial charge in [-0.25, -0.2) is 9.37 Å². The predicted octanol–water partition coefficient (Wildman–Crippen LogP) is 4.54. The number of aliphatic carboxylic acids is 1. The van der Waals surface area contributed by atoms with Crippen LogP contribution in [0.3, 0.4) is 0 Å². The van der Waals surface area contributed by atoms with Gasteiger partial charge in [-0.1, -0.05) is 23.9 Å². The predicted molar refractivity (Wildman–Crippen MR) is 109 cm³/mol. The highest BCUT2D eigenvalue weighted by Crippen LogP contribution is 2.38. The monoisotopic (exact) mass is 406 g/mol. The van der Waals surface area contributed by atoms with Crippen LogP contribution in [0.4, 0.5) is 4.39 Å². The summed E-state index contributed by atoms with van der Waals surface area (Å²) in [7, 11) is 0. The van der Waals surface area contributed by atoms with E-state index in [4.69, 9.17) is 0 Å². The molecule has 0 aliphatic carbocycles. The summed E-state index contributed by atoms with van der Waals surface area (Å²) >= 11 is 1.09. The molecule has 29 heavy (non-hydrogen) atoms. The van der Waals surface area contributed by atoms with E-state index in [0.29, 0.717) is 27.3 Å². The number of pyridine rings is 1. The Hall–Kier alpha value is -3.44. The number of halogens is 1. The number of rotatable bonds is 4. The van der Waals surface area contributed by atoms with Crippen LogP contribution < -0.4 is 0 Å². The molecule has 8 heteroatoms. The van der Waals surface area contributed by atoms with Crippen LogP contribution in [0.2, 0.25) is 0 Å². The van der Waals surface area contributed by atoms with Crippen molar-refractivity contribution in [3.8, 4) is 11.8 Å². The third kappa shape index (κ3) is 3.09. The minimum atomic E-state index is -1.14. The fraction of sp³-hybridized carbons (Fsp3) is 0.143. The fourth-order valence-corrected chi connectivity index (χ4v) is 4.09. The van der Waals surface area contributed by atoms with Gasteiger partial charge in [0.25, 0.3) is 0 Å². The molecule has 0 atom stereocenters. The van der Waals surface area contributed by atoms with Crippen LogP contribution in [-0.4, -0.2) is 30.4 Å². The highest BCUT2D eigenvalue weighted by molar-refractivity contribution is 8.01. The zero-order valence-corrected chi connectivity index (χ0v) is 16.4. The third-order valence-electron chi connectivity index (χ3n) is 4.62. The molecule has 4 aromatic rings. The molecule has 0 bridgehead atoms. The summed E-state index contributed by atoms with van der Waals surface area (Å²) in [4.78, 5) is 20.3. The van der Waals surface area contributed by atoms with Crippen molar-refractivity contribution in [3.63, 3.8) is 0 Å². The first kappa shape index (κ1) is 18.9. The standard InChI is InChI=1S/C21H15FN4O2S/c1-21(2,19(27)28)29-20-25-15-11-24-9-8-17(15)26(20)16-7-6-12(10-23)18-13(16)4-3-5-14(18)22/h3-9,11H,1-2H3,(H,27,28). The van der Waals surface area contributed by atoms with Gasteiger partial charge < -0.3 is 5.11 Å². The van der Waals surface area contributed by atoms with E-state index in [1.54, 1.807) is 61.1 Å². The van der Waals surface area contributed by atoms with E-state index in [1.807, 2.05) is 6.07 Å². The molecule has 0 aliphatic rings. The Morgan fingerprint density at radius 2 is 2.07 bits per heavy atom. The molecule has 0 saturated heterocycles. The number of nitriles is 1. The number of carbonyl (C=O) groups is 1. The number of carboxylic acid groups (broad SMARTS) is 1. The molecule has 1 N–H and O–H groups in total. The van der Waals surface area contributed by atoms with Crippen molar-refractivity contribution >= 4 is 39.5 Å². The second kappa shape index (κ2) is 6.87. The lowest BCUT2D eigenvalue weighted by Gasteiger charge is -2.19.